The summed E-state index contributed by atoms with van der Waals surface area (Å²) in [4.78, 5) is 15.4. The van der Waals surface area contributed by atoms with Gasteiger partial charge in [-0.25, -0.2) is 18.1 Å². The zero-order valence-corrected chi connectivity index (χ0v) is 18.3. The Morgan fingerprint density at radius 3 is 2.36 bits per heavy atom. The van der Waals surface area contributed by atoms with Gasteiger partial charge in [0.05, 0.1) is 17.4 Å². The van der Waals surface area contributed by atoms with E-state index in [-0.39, 0.29) is 11.3 Å². The maximum Gasteiger partial charge on any atom is 0.305 e. The van der Waals surface area contributed by atoms with E-state index in [2.05, 4.69) is 9.71 Å². The highest BCUT2D eigenvalue weighted by molar-refractivity contribution is 7.89. The molecule has 4 rings (SSSR count). The smallest absolute Gasteiger partial charge is 0.305 e. The molecule has 0 aliphatic rings. The molecular weight excluding hydrogens is 440 g/mol. The van der Waals surface area contributed by atoms with Gasteiger partial charge in [0.25, 0.3) is 0 Å². The highest BCUT2D eigenvalue weighted by Crippen LogP contribution is 2.27. The number of rotatable bonds is 8. The lowest BCUT2D eigenvalue weighted by molar-refractivity contribution is -0.137. The van der Waals surface area contributed by atoms with Crippen molar-refractivity contribution in [2.45, 2.75) is 17.4 Å². The number of hydrogen-bond acceptors (Lipinski definition) is 5. The number of nitrogens with one attached hydrogen (secondary N) is 1. The van der Waals surface area contributed by atoms with Crippen LogP contribution in [0.5, 0.6) is 0 Å². The van der Waals surface area contributed by atoms with E-state index >= 15 is 0 Å². The topological polar surface area (TPSA) is 127 Å². The lowest BCUT2D eigenvalue weighted by atomic mass is 10.1. The van der Waals surface area contributed by atoms with Crippen molar-refractivity contribution in [2.75, 3.05) is 5.73 Å². The molecule has 33 heavy (non-hydrogen) atoms. The molecule has 1 aromatic heterocycles. The van der Waals surface area contributed by atoms with Crippen LogP contribution in [0.25, 0.3) is 16.8 Å². The first-order valence-electron chi connectivity index (χ1n) is 10.1. The van der Waals surface area contributed by atoms with Crippen LogP contribution < -0.4 is 10.5 Å². The maximum absolute atomic E-state index is 13.1. The molecule has 0 saturated carbocycles. The van der Waals surface area contributed by atoms with Gasteiger partial charge in [0.1, 0.15) is 0 Å². The van der Waals surface area contributed by atoms with Crippen molar-refractivity contribution in [3.63, 3.8) is 0 Å². The lowest BCUT2D eigenvalue weighted by Gasteiger charge is -2.18. The van der Waals surface area contributed by atoms with Crippen LogP contribution in [0.15, 0.2) is 96.2 Å². The molecule has 0 aliphatic heterocycles. The average Bonchev–Trinajstić information content (AvgIpc) is 3.25. The number of nitrogens with zero attached hydrogens (tertiary/aromatic N) is 2. The van der Waals surface area contributed by atoms with Gasteiger partial charge in [-0.1, -0.05) is 54.6 Å². The normalized spacial score (nSPS) is 12.4. The summed E-state index contributed by atoms with van der Waals surface area (Å²) in [5, 5.41) is 9.28. The Kier molecular flexibility index (Phi) is 6.25. The van der Waals surface area contributed by atoms with Gasteiger partial charge in [-0.3, -0.25) is 9.36 Å². The summed E-state index contributed by atoms with van der Waals surface area (Å²) in [6.07, 6.45) is 2.96. The van der Waals surface area contributed by atoms with Gasteiger partial charge in [0.2, 0.25) is 16.0 Å². The second-order valence-electron chi connectivity index (χ2n) is 7.42. The number of imidazole rings is 1. The molecule has 0 fully saturated rings. The quantitative estimate of drug-likeness (QED) is 0.367. The minimum absolute atomic E-state index is 0.0406. The SMILES string of the molecule is Nc1nccn1-c1cccc(-c2cccc(S(=O)(=O)NC(CC(=O)O)c3ccccc3)c2)c1. The van der Waals surface area contributed by atoms with E-state index in [0.717, 1.165) is 11.3 Å². The van der Waals surface area contributed by atoms with E-state index in [0.29, 0.717) is 17.1 Å². The Bertz CT molecular complexity index is 1380. The predicted molar refractivity (Wildman–Crippen MR) is 125 cm³/mol. The molecule has 0 saturated heterocycles. The molecule has 168 valence electrons. The lowest BCUT2D eigenvalue weighted by Crippen LogP contribution is -2.30. The number of carbonyl (C=O) groups is 1. The van der Waals surface area contributed by atoms with Gasteiger partial charge in [-0.15, -0.1) is 0 Å². The minimum atomic E-state index is -3.99. The van der Waals surface area contributed by atoms with Crippen molar-refractivity contribution in [1.82, 2.24) is 14.3 Å². The van der Waals surface area contributed by atoms with E-state index in [1.54, 1.807) is 65.5 Å². The first-order chi connectivity index (χ1) is 15.8. The molecule has 1 unspecified atom stereocenters. The van der Waals surface area contributed by atoms with Gasteiger partial charge >= 0.3 is 5.97 Å². The van der Waals surface area contributed by atoms with E-state index in [9.17, 15) is 18.3 Å². The number of aliphatic carboxylic acids is 1. The van der Waals surface area contributed by atoms with Crippen LogP contribution >= 0.6 is 0 Å². The zero-order chi connectivity index (χ0) is 23.4. The summed E-state index contributed by atoms with van der Waals surface area (Å²) in [6.45, 7) is 0. The van der Waals surface area contributed by atoms with Crippen LogP contribution in [0.2, 0.25) is 0 Å². The molecule has 0 spiro atoms. The molecule has 0 bridgehead atoms. The number of nitrogens with two attached hydrogens (primary N) is 1. The van der Waals surface area contributed by atoms with Crippen molar-refractivity contribution in [3.05, 3.63) is 96.8 Å². The first kappa shape index (κ1) is 22.3. The number of hydrogen-bond donors (Lipinski definition) is 3. The Hall–Kier alpha value is -3.95. The van der Waals surface area contributed by atoms with Crippen molar-refractivity contribution < 1.29 is 18.3 Å². The molecule has 0 radical (unpaired) electrons. The molecule has 4 aromatic rings. The molecule has 4 N–H and O–H groups in total. The third-order valence-corrected chi connectivity index (χ3v) is 6.62. The van der Waals surface area contributed by atoms with Crippen molar-refractivity contribution in [3.8, 4) is 16.8 Å². The van der Waals surface area contributed by atoms with Gasteiger partial charge in [-0.05, 0) is 41.0 Å². The third-order valence-electron chi connectivity index (χ3n) is 5.15. The molecule has 0 amide bonds. The fraction of sp³-hybridized carbons (Fsp3) is 0.0833. The largest absolute Gasteiger partial charge is 0.481 e. The van der Waals surface area contributed by atoms with Crippen molar-refractivity contribution in [1.29, 1.82) is 0 Å². The maximum atomic E-state index is 13.1. The number of aromatic nitrogens is 2. The molecule has 0 aliphatic carbocycles. The first-order valence-corrected chi connectivity index (χ1v) is 11.6. The second kappa shape index (κ2) is 9.27. The highest BCUT2D eigenvalue weighted by Gasteiger charge is 2.24. The average molecular weight is 463 g/mol. The summed E-state index contributed by atoms with van der Waals surface area (Å²) in [5.74, 6) is -0.756. The number of nitrogen functional groups attached to an aromatic ring is 1. The summed E-state index contributed by atoms with van der Waals surface area (Å²) < 4.78 is 30.6. The standard InChI is InChI=1S/C24H22N4O4S/c25-24-26-12-13-28(24)20-10-4-8-18(14-20)19-9-5-11-21(15-19)33(31,32)27-22(16-23(29)30)17-6-2-1-3-7-17/h1-15,22,27H,16H2,(H2,25,26)(H,29,30). The Balaban J connectivity index is 1.66. The molecule has 3 aromatic carbocycles. The molecule has 1 atom stereocenters. The van der Waals surface area contributed by atoms with Crippen LogP contribution in [0.4, 0.5) is 5.95 Å². The minimum Gasteiger partial charge on any atom is -0.481 e. The Labute approximate surface area is 191 Å². The number of benzene rings is 3. The molecular formula is C24H22N4O4S. The van der Waals surface area contributed by atoms with Gasteiger partial charge in [0, 0.05) is 18.1 Å². The molecule has 1 heterocycles. The second-order valence-corrected chi connectivity index (χ2v) is 9.13. The zero-order valence-electron chi connectivity index (χ0n) is 17.5. The van der Waals surface area contributed by atoms with Crippen LogP contribution in [-0.2, 0) is 14.8 Å². The molecule has 8 nitrogen and oxygen atoms in total. The Morgan fingerprint density at radius 2 is 1.70 bits per heavy atom. The van der Waals surface area contributed by atoms with Crippen molar-refractivity contribution in [2.24, 2.45) is 0 Å². The van der Waals surface area contributed by atoms with Crippen LogP contribution in [0, 0.1) is 0 Å². The number of anilines is 1. The van der Waals surface area contributed by atoms with E-state index in [1.807, 2.05) is 24.3 Å². The van der Waals surface area contributed by atoms with E-state index in [1.165, 1.54) is 6.07 Å². The van der Waals surface area contributed by atoms with Gasteiger partial charge in [-0.2, -0.15) is 0 Å². The third kappa shape index (κ3) is 5.11. The fourth-order valence-electron chi connectivity index (χ4n) is 3.55. The Morgan fingerprint density at radius 1 is 1.00 bits per heavy atom. The fourth-order valence-corrected chi connectivity index (χ4v) is 4.82. The number of carboxylic acid groups (broad SMARTS) is 1. The van der Waals surface area contributed by atoms with Gasteiger partial charge in [0.15, 0.2) is 0 Å². The van der Waals surface area contributed by atoms with Crippen LogP contribution in [0.3, 0.4) is 0 Å². The summed E-state index contributed by atoms with van der Waals surface area (Å²) in [6, 6.07) is 21.7. The van der Waals surface area contributed by atoms with Crippen LogP contribution in [0.1, 0.15) is 18.0 Å². The summed E-state index contributed by atoms with van der Waals surface area (Å²) in [5.41, 5.74) is 8.74. The summed E-state index contributed by atoms with van der Waals surface area (Å²) in [7, 11) is -3.99. The number of carboxylic acids is 1. The van der Waals surface area contributed by atoms with Gasteiger partial charge < -0.3 is 10.8 Å². The highest BCUT2D eigenvalue weighted by atomic mass is 32.2. The molecule has 9 heteroatoms. The van der Waals surface area contributed by atoms with Crippen LogP contribution in [-0.4, -0.2) is 29.0 Å². The van der Waals surface area contributed by atoms with E-state index < -0.39 is 22.0 Å². The number of sulfonamides is 1. The van der Waals surface area contributed by atoms with Crippen molar-refractivity contribution >= 4 is 21.9 Å². The van der Waals surface area contributed by atoms with E-state index in [4.69, 9.17) is 5.73 Å². The predicted octanol–water partition coefficient (Wildman–Crippen LogP) is 3.62. The summed E-state index contributed by atoms with van der Waals surface area (Å²) >= 11 is 0. The monoisotopic (exact) mass is 462 g/mol.